The smallest absolute Gasteiger partial charge is 0.267 e. The van der Waals surface area contributed by atoms with Gasteiger partial charge >= 0.3 is 0 Å². The van der Waals surface area contributed by atoms with E-state index in [4.69, 9.17) is 19.9 Å². The zero-order chi connectivity index (χ0) is 16.2. The maximum Gasteiger partial charge on any atom is 0.267 e. The number of nitrogens with zero attached hydrogens (tertiary/aromatic N) is 1. The quantitative estimate of drug-likeness (QED) is 0.592. The number of aromatic nitrogens is 2. The van der Waals surface area contributed by atoms with Gasteiger partial charge in [-0.1, -0.05) is 0 Å². The molecule has 7 heteroatoms. The van der Waals surface area contributed by atoms with Crippen molar-refractivity contribution in [2.75, 3.05) is 27.1 Å². The first-order chi connectivity index (χ1) is 11.2. The minimum atomic E-state index is -0.477. The molecule has 0 bridgehead atoms. The van der Waals surface area contributed by atoms with Gasteiger partial charge in [0.05, 0.1) is 18.9 Å². The number of ether oxygens (including phenoxy) is 3. The van der Waals surface area contributed by atoms with Crippen LogP contribution in [-0.4, -0.2) is 43.2 Å². The van der Waals surface area contributed by atoms with Gasteiger partial charge in [0, 0.05) is 18.2 Å². The highest BCUT2D eigenvalue weighted by Crippen LogP contribution is 2.35. The van der Waals surface area contributed by atoms with Crippen molar-refractivity contribution in [3.63, 3.8) is 0 Å². The van der Waals surface area contributed by atoms with E-state index in [1.165, 1.54) is 0 Å². The Kier molecular flexibility index (Phi) is 4.59. The molecule has 0 fully saturated rings. The van der Waals surface area contributed by atoms with Gasteiger partial charge in [-0.15, -0.1) is 0 Å². The largest absolute Gasteiger partial charge is 0.468 e. The van der Waals surface area contributed by atoms with Gasteiger partial charge in [0.25, 0.3) is 5.91 Å². The van der Waals surface area contributed by atoms with Gasteiger partial charge in [-0.2, -0.15) is 5.10 Å². The Morgan fingerprint density at radius 3 is 3.00 bits per heavy atom. The predicted octanol–water partition coefficient (Wildman–Crippen LogP) is 1.27. The lowest BCUT2D eigenvalue weighted by atomic mass is 9.89. The summed E-state index contributed by atoms with van der Waals surface area (Å²) < 4.78 is 15.8. The number of H-pyrrole nitrogens is 1. The van der Waals surface area contributed by atoms with Crippen LogP contribution in [0, 0.1) is 0 Å². The third-order valence-electron chi connectivity index (χ3n) is 3.83. The highest BCUT2D eigenvalue weighted by atomic mass is 16.7. The Labute approximate surface area is 133 Å². The molecule has 1 aliphatic carbocycles. The molecule has 0 spiro atoms. The summed E-state index contributed by atoms with van der Waals surface area (Å²) in [7, 11) is 1.63. The fourth-order valence-corrected chi connectivity index (χ4v) is 2.70. The summed E-state index contributed by atoms with van der Waals surface area (Å²) in [6, 6.07) is 5.80. The van der Waals surface area contributed by atoms with Gasteiger partial charge in [0.1, 0.15) is 11.4 Å². The van der Waals surface area contributed by atoms with Crippen LogP contribution in [0.4, 0.5) is 0 Å². The van der Waals surface area contributed by atoms with Crippen LogP contribution < -0.4 is 10.5 Å². The van der Waals surface area contributed by atoms with Crippen LogP contribution in [0.15, 0.2) is 18.2 Å². The topological polar surface area (TPSA) is 99.5 Å². The number of fused-ring (bicyclic) bond motifs is 3. The molecule has 0 aliphatic heterocycles. The molecule has 1 aliphatic rings. The third-order valence-corrected chi connectivity index (χ3v) is 3.83. The molecule has 1 heterocycles. The van der Waals surface area contributed by atoms with Gasteiger partial charge in [0.15, 0.2) is 6.79 Å². The number of nitrogens with one attached hydrogen (secondary N) is 1. The highest BCUT2D eigenvalue weighted by molar-refractivity contribution is 5.94. The number of benzene rings is 1. The fraction of sp³-hybridized carbons (Fsp3) is 0.375. The minimum absolute atomic E-state index is 0.182. The number of carbonyl (C=O) groups excluding carboxylic acids is 1. The second-order valence-corrected chi connectivity index (χ2v) is 5.27. The zero-order valence-electron chi connectivity index (χ0n) is 12.9. The van der Waals surface area contributed by atoms with Crippen molar-refractivity contribution < 1.29 is 19.0 Å². The summed E-state index contributed by atoms with van der Waals surface area (Å²) in [6.07, 6.45) is 1.54. The number of nitrogens with two attached hydrogens (primary N) is 1. The Hall–Kier alpha value is -2.38. The van der Waals surface area contributed by atoms with Gasteiger partial charge in [-0.05, 0) is 36.6 Å². The normalized spacial score (nSPS) is 12.6. The van der Waals surface area contributed by atoms with E-state index in [0.717, 1.165) is 41.0 Å². The fourth-order valence-electron chi connectivity index (χ4n) is 2.70. The van der Waals surface area contributed by atoms with E-state index in [-0.39, 0.29) is 6.79 Å². The Bertz CT molecular complexity index is 711. The molecule has 3 rings (SSSR count). The number of aromatic amines is 1. The molecule has 7 nitrogen and oxygen atoms in total. The molecule has 2 aromatic rings. The van der Waals surface area contributed by atoms with Crippen LogP contribution in [0.5, 0.6) is 5.75 Å². The second kappa shape index (κ2) is 6.80. The van der Waals surface area contributed by atoms with E-state index >= 15 is 0 Å². The van der Waals surface area contributed by atoms with E-state index < -0.39 is 5.91 Å². The lowest BCUT2D eigenvalue weighted by Crippen LogP contribution is -2.15. The summed E-state index contributed by atoms with van der Waals surface area (Å²) >= 11 is 0. The van der Waals surface area contributed by atoms with Gasteiger partial charge in [-0.25, -0.2) is 0 Å². The number of aryl methyl sites for hydroxylation is 1. The van der Waals surface area contributed by atoms with Crippen molar-refractivity contribution in [1.29, 1.82) is 0 Å². The van der Waals surface area contributed by atoms with E-state index in [1.807, 2.05) is 18.2 Å². The number of amides is 1. The molecular weight excluding hydrogens is 298 g/mol. The van der Waals surface area contributed by atoms with Crippen molar-refractivity contribution >= 4 is 5.91 Å². The van der Waals surface area contributed by atoms with E-state index in [0.29, 0.717) is 18.9 Å². The van der Waals surface area contributed by atoms with Crippen LogP contribution in [0.3, 0.4) is 0 Å². The Balaban J connectivity index is 1.73. The van der Waals surface area contributed by atoms with Crippen molar-refractivity contribution in [2.24, 2.45) is 5.73 Å². The minimum Gasteiger partial charge on any atom is -0.468 e. The van der Waals surface area contributed by atoms with E-state index in [1.54, 1.807) is 7.11 Å². The first-order valence-electron chi connectivity index (χ1n) is 7.40. The van der Waals surface area contributed by atoms with Crippen LogP contribution in [0.25, 0.3) is 11.3 Å². The van der Waals surface area contributed by atoms with Crippen molar-refractivity contribution in [3.05, 3.63) is 35.0 Å². The first-order valence-corrected chi connectivity index (χ1v) is 7.40. The molecule has 0 radical (unpaired) electrons. The number of carbonyl (C=O) groups is 1. The summed E-state index contributed by atoms with van der Waals surface area (Å²) in [5.41, 5.74) is 9.58. The maximum absolute atomic E-state index is 11.4. The van der Waals surface area contributed by atoms with Gasteiger partial charge < -0.3 is 19.9 Å². The maximum atomic E-state index is 11.4. The summed E-state index contributed by atoms with van der Waals surface area (Å²) in [5.74, 6) is 0.269. The molecule has 0 saturated heterocycles. The van der Waals surface area contributed by atoms with Gasteiger partial charge in [-0.3, -0.25) is 9.89 Å². The molecule has 122 valence electrons. The number of hydrogen-bond acceptors (Lipinski definition) is 5. The lowest BCUT2D eigenvalue weighted by molar-refractivity contribution is -0.00849. The molecule has 1 aromatic carbocycles. The zero-order valence-corrected chi connectivity index (χ0v) is 12.9. The van der Waals surface area contributed by atoms with Crippen molar-refractivity contribution in [2.45, 2.75) is 12.8 Å². The average molecular weight is 317 g/mol. The van der Waals surface area contributed by atoms with Crippen LogP contribution >= 0.6 is 0 Å². The van der Waals surface area contributed by atoms with Gasteiger partial charge in [0.2, 0.25) is 0 Å². The van der Waals surface area contributed by atoms with Crippen LogP contribution in [0.2, 0.25) is 0 Å². The third kappa shape index (κ3) is 3.20. The second-order valence-electron chi connectivity index (χ2n) is 5.27. The number of rotatable bonds is 7. The number of methoxy groups -OCH3 is 1. The van der Waals surface area contributed by atoms with Crippen LogP contribution in [0.1, 0.15) is 21.6 Å². The molecule has 3 N–H and O–H groups in total. The molecule has 1 amide bonds. The molecule has 0 unspecified atom stereocenters. The summed E-state index contributed by atoms with van der Waals surface area (Å²) in [4.78, 5) is 11.4. The van der Waals surface area contributed by atoms with Crippen molar-refractivity contribution in [1.82, 2.24) is 10.2 Å². The lowest BCUT2D eigenvalue weighted by Gasteiger charge is -2.17. The van der Waals surface area contributed by atoms with E-state index in [9.17, 15) is 4.79 Å². The number of primary amides is 1. The molecule has 1 aromatic heterocycles. The average Bonchev–Trinajstić information content (AvgIpc) is 2.99. The standard InChI is InChI=1S/C16H19N3O4/c1-21-6-7-22-9-23-11-3-5-12-10(8-11)2-4-13-14(12)18-19-15(13)16(17)20/h3,5,8H,2,4,6-7,9H2,1H3,(H2,17,20)(H,18,19). The predicted molar refractivity (Wildman–Crippen MR) is 83.3 cm³/mol. The van der Waals surface area contributed by atoms with Crippen molar-refractivity contribution in [3.8, 4) is 17.0 Å². The first kappa shape index (κ1) is 15.5. The summed E-state index contributed by atoms with van der Waals surface area (Å²) in [5, 5.41) is 6.98. The molecular formula is C16H19N3O4. The monoisotopic (exact) mass is 317 g/mol. The van der Waals surface area contributed by atoms with E-state index in [2.05, 4.69) is 10.2 Å². The molecule has 23 heavy (non-hydrogen) atoms. The Morgan fingerprint density at radius 2 is 2.22 bits per heavy atom. The SMILES string of the molecule is COCCOCOc1ccc2c(c1)CCc1c-2n[nH]c1C(N)=O. The Morgan fingerprint density at radius 1 is 1.35 bits per heavy atom. The molecule has 0 saturated carbocycles. The van der Waals surface area contributed by atoms with Crippen LogP contribution in [-0.2, 0) is 22.3 Å². The molecule has 0 atom stereocenters. The summed E-state index contributed by atoms with van der Waals surface area (Å²) in [6.45, 7) is 1.22. The highest BCUT2D eigenvalue weighted by Gasteiger charge is 2.24. The number of hydrogen-bond donors (Lipinski definition) is 2.